The van der Waals surface area contributed by atoms with E-state index in [9.17, 15) is 0 Å². The molecule has 0 atom stereocenters. The number of rotatable bonds is 5. The molecule has 0 fully saturated rings. The van der Waals surface area contributed by atoms with Crippen molar-refractivity contribution < 1.29 is 0 Å². The van der Waals surface area contributed by atoms with Crippen LogP contribution in [0.15, 0.2) is 28.7 Å². The van der Waals surface area contributed by atoms with Gasteiger partial charge in [0, 0.05) is 17.6 Å². The van der Waals surface area contributed by atoms with Crippen LogP contribution >= 0.6 is 28.3 Å². The Bertz CT molecular complexity index is 342. The lowest BCUT2D eigenvalue weighted by Crippen LogP contribution is -2.36. The first-order chi connectivity index (χ1) is 7.43. The molecular formula is C13H22BrClN2. The summed E-state index contributed by atoms with van der Waals surface area (Å²) in [7, 11) is 2.14. The third-order valence-electron chi connectivity index (χ3n) is 2.59. The van der Waals surface area contributed by atoms with Crippen molar-refractivity contribution in [1.29, 1.82) is 0 Å². The van der Waals surface area contributed by atoms with Gasteiger partial charge in [0.05, 0.1) is 0 Å². The molecule has 0 amide bonds. The largest absolute Gasteiger partial charge is 0.330 e. The molecule has 2 nitrogen and oxygen atoms in total. The molecule has 0 saturated carbocycles. The average Bonchev–Trinajstić information content (AvgIpc) is 2.16. The molecule has 0 aliphatic rings. The molecule has 17 heavy (non-hydrogen) atoms. The highest BCUT2D eigenvalue weighted by Crippen LogP contribution is 2.17. The summed E-state index contributed by atoms with van der Waals surface area (Å²) in [6, 6.07) is 8.43. The van der Waals surface area contributed by atoms with Crippen molar-refractivity contribution in [3.63, 3.8) is 0 Å². The second kappa shape index (κ2) is 7.37. The Morgan fingerprint density at radius 1 is 1.35 bits per heavy atom. The fourth-order valence-electron chi connectivity index (χ4n) is 1.80. The van der Waals surface area contributed by atoms with Gasteiger partial charge in [-0.05, 0) is 36.7 Å². The van der Waals surface area contributed by atoms with Crippen molar-refractivity contribution in [2.75, 3.05) is 20.1 Å². The summed E-state index contributed by atoms with van der Waals surface area (Å²) in [6.07, 6.45) is 0. The van der Waals surface area contributed by atoms with E-state index in [-0.39, 0.29) is 17.8 Å². The maximum Gasteiger partial charge on any atom is 0.0231 e. The maximum atomic E-state index is 5.74. The predicted octanol–water partition coefficient (Wildman–Crippen LogP) is 3.29. The van der Waals surface area contributed by atoms with Crippen molar-refractivity contribution in [2.24, 2.45) is 11.1 Å². The normalized spacial score (nSPS) is 11.4. The first-order valence-corrected chi connectivity index (χ1v) is 6.35. The van der Waals surface area contributed by atoms with Gasteiger partial charge in [-0.3, -0.25) is 0 Å². The van der Waals surface area contributed by atoms with Crippen LogP contribution in [-0.2, 0) is 6.54 Å². The number of hydrogen-bond acceptors (Lipinski definition) is 2. The molecule has 0 aromatic heterocycles. The second-order valence-corrected chi connectivity index (χ2v) is 6.09. The maximum absolute atomic E-state index is 5.74. The summed E-state index contributed by atoms with van der Waals surface area (Å²) in [4.78, 5) is 2.31. The van der Waals surface area contributed by atoms with Crippen molar-refractivity contribution >= 4 is 28.3 Å². The van der Waals surface area contributed by atoms with Gasteiger partial charge in [0.15, 0.2) is 0 Å². The van der Waals surface area contributed by atoms with Gasteiger partial charge < -0.3 is 10.6 Å². The molecule has 0 aliphatic heterocycles. The first kappa shape index (κ1) is 16.9. The Morgan fingerprint density at radius 3 is 2.53 bits per heavy atom. The molecular weight excluding hydrogens is 300 g/mol. The van der Waals surface area contributed by atoms with E-state index in [1.807, 2.05) is 6.07 Å². The zero-order valence-electron chi connectivity index (χ0n) is 10.7. The van der Waals surface area contributed by atoms with Crippen molar-refractivity contribution in [1.82, 2.24) is 4.90 Å². The summed E-state index contributed by atoms with van der Waals surface area (Å²) in [5.41, 5.74) is 7.24. The Labute approximate surface area is 119 Å². The molecule has 0 saturated heterocycles. The lowest BCUT2D eigenvalue weighted by molar-refractivity contribution is 0.210. The van der Waals surface area contributed by atoms with Gasteiger partial charge in [0.2, 0.25) is 0 Å². The SMILES string of the molecule is CN(Cc1cccc(Br)c1)CC(C)(C)CN.Cl. The Kier molecular flexibility index (Phi) is 7.33. The van der Waals surface area contributed by atoms with E-state index in [4.69, 9.17) is 5.73 Å². The van der Waals surface area contributed by atoms with Crippen LogP contribution in [0.2, 0.25) is 0 Å². The third kappa shape index (κ3) is 6.41. The van der Waals surface area contributed by atoms with Crippen LogP contribution in [0.1, 0.15) is 19.4 Å². The van der Waals surface area contributed by atoms with E-state index in [1.165, 1.54) is 5.56 Å². The Hall–Kier alpha value is -0.0900. The molecule has 0 spiro atoms. The molecule has 98 valence electrons. The molecule has 0 bridgehead atoms. The molecule has 2 N–H and O–H groups in total. The van der Waals surface area contributed by atoms with Gasteiger partial charge in [0.25, 0.3) is 0 Å². The topological polar surface area (TPSA) is 29.3 Å². The number of nitrogens with two attached hydrogens (primary N) is 1. The van der Waals surface area contributed by atoms with Gasteiger partial charge >= 0.3 is 0 Å². The molecule has 4 heteroatoms. The fourth-order valence-corrected chi connectivity index (χ4v) is 2.24. The highest BCUT2D eigenvalue weighted by atomic mass is 79.9. The zero-order chi connectivity index (χ0) is 12.2. The van der Waals surface area contributed by atoms with E-state index < -0.39 is 0 Å². The minimum Gasteiger partial charge on any atom is -0.330 e. The van der Waals surface area contributed by atoms with Crippen molar-refractivity contribution in [2.45, 2.75) is 20.4 Å². The molecule has 0 aliphatic carbocycles. The number of nitrogens with zero attached hydrogens (tertiary/aromatic N) is 1. The third-order valence-corrected chi connectivity index (χ3v) is 3.09. The van der Waals surface area contributed by atoms with E-state index in [0.29, 0.717) is 0 Å². The minimum atomic E-state index is 0. The molecule has 0 radical (unpaired) electrons. The smallest absolute Gasteiger partial charge is 0.0231 e. The Balaban J connectivity index is 0.00000256. The van der Waals surface area contributed by atoms with Crippen LogP contribution in [0.5, 0.6) is 0 Å². The minimum absolute atomic E-state index is 0. The van der Waals surface area contributed by atoms with Crippen LogP contribution < -0.4 is 5.73 Å². The summed E-state index contributed by atoms with van der Waals surface area (Å²) in [5.74, 6) is 0. The average molecular weight is 322 g/mol. The van der Waals surface area contributed by atoms with Crippen LogP contribution in [0, 0.1) is 5.41 Å². The highest BCUT2D eigenvalue weighted by molar-refractivity contribution is 9.10. The predicted molar refractivity (Wildman–Crippen MR) is 80.6 cm³/mol. The lowest BCUT2D eigenvalue weighted by atomic mass is 9.93. The summed E-state index contributed by atoms with van der Waals surface area (Å²) in [6.45, 7) is 7.09. The van der Waals surface area contributed by atoms with Gasteiger partial charge in [-0.15, -0.1) is 12.4 Å². The quantitative estimate of drug-likeness (QED) is 0.901. The van der Waals surface area contributed by atoms with E-state index in [0.717, 1.165) is 24.1 Å². The molecule has 1 rings (SSSR count). The second-order valence-electron chi connectivity index (χ2n) is 5.17. The fraction of sp³-hybridized carbons (Fsp3) is 0.538. The van der Waals surface area contributed by atoms with E-state index in [2.05, 4.69) is 59.9 Å². The molecule has 0 heterocycles. The van der Waals surface area contributed by atoms with Gasteiger partial charge in [-0.1, -0.05) is 41.9 Å². The summed E-state index contributed by atoms with van der Waals surface area (Å²) < 4.78 is 1.14. The molecule has 1 aromatic rings. The van der Waals surface area contributed by atoms with Crippen LogP contribution in [0.4, 0.5) is 0 Å². The van der Waals surface area contributed by atoms with Crippen molar-refractivity contribution in [3.8, 4) is 0 Å². The monoisotopic (exact) mass is 320 g/mol. The van der Waals surface area contributed by atoms with Gasteiger partial charge in [-0.25, -0.2) is 0 Å². The van der Waals surface area contributed by atoms with E-state index in [1.54, 1.807) is 0 Å². The number of benzene rings is 1. The van der Waals surface area contributed by atoms with Crippen LogP contribution in [0.3, 0.4) is 0 Å². The first-order valence-electron chi connectivity index (χ1n) is 5.56. The summed E-state index contributed by atoms with van der Waals surface area (Å²) in [5, 5.41) is 0. The van der Waals surface area contributed by atoms with Crippen molar-refractivity contribution in [3.05, 3.63) is 34.3 Å². The van der Waals surface area contributed by atoms with E-state index >= 15 is 0 Å². The molecule has 0 unspecified atom stereocenters. The molecule has 1 aromatic carbocycles. The zero-order valence-corrected chi connectivity index (χ0v) is 13.1. The number of halogens is 2. The van der Waals surface area contributed by atoms with Crippen LogP contribution in [0.25, 0.3) is 0 Å². The standard InChI is InChI=1S/C13H21BrN2.ClH/c1-13(2,9-15)10-16(3)8-11-5-4-6-12(14)7-11;/h4-7H,8-10,15H2,1-3H3;1H. The highest BCUT2D eigenvalue weighted by Gasteiger charge is 2.17. The van der Waals surface area contributed by atoms with Crippen LogP contribution in [-0.4, -0.2) is 25.0 Å². The lowest BCUT2D eigenvalue weighted by Gasteiger charge is -2.29. The number of hydrogen-bond donors (Lipinski definition) is 1. The Morgan fingerprint density at radius 2 is 2.00 bits per heavy atom. The van der Waals surface area contributed by atoms with Gasteiger partial charge in [0.1, 0.15) is 0 Å². The summed E-state index contributed by atoms with van der Waals surface area (Å²) >= 11 is 3.49. The van der Waals surface area contributed by atoms with Gasteiger partial charge in [-0.2, -0.15) is 0 Å².